The van der Waals surface area contributed by atoms with Gasteiger partial charge < -0.3 is 16.4 Å². The van der Waals surface area contributed by atoms with Gasteiger partial charge in [-0.05, 0) is 42.9 Å². The van der Waals surface area contributed by atoms with Crippen LogP contribution >= 0.6 is 0 Å². The minimum Gasteiger partial charge on any atom is -0.397 e. The van der Waals surface area contributed by atoms with Crippen LogP contribution in [0.5, 0.6) is 0 Å². The second-order valence-electron chi connectivity index (χ2n) is 4.41. The third kappa shape index (κ3) is 3.33. The van der Waals surface area contributed by atoms with E-state index in [9.17, 15) is 9.18 Å². The standard InChI is InChI=1S/C15H16FN3O/c1-18-9-10-2-4-11(5-3-10)15(20)19-14-7-6-12(16)8-13(14)17/h2-8,18H,9,17H2,1H3,(H,19,20). The molecule has 0 aliphatic heterocycles. The van der Waals surface area contributed by atoms with Crippen molar-refractivity contribution in [2.24, 2.45) is 0 Å². The van der Waals surface area contributed by atoms with Crippen molar-refractivity contribution in [3.63, 3.8) is 0 Å². The molecular weight excluding hydrogens is 257 g/mol. The minimum absolute atomic E-state index is 0.199. The molecule has 0 heterocycles. The fraction of sp³-hybridized carbons (Fsp3) is 0.133. The summed E-state index contributed by atoms with van der Waals surface area (Å²) in [6, 6.07) is 11.1. The van der Waals surface area contributed by atoms with Crippen LogP contribution in [0.2, 0.25) is 0 Å². The van der Waals surface area contributed by atoms with Crippen molar-refractivity contribution < 1.29 is 9.18 Å². The maximum Gasteiger partial charge on any atom is 0.255 e. The molecule has 2 rings (SSSR count). The van der Waals surface area contributed by atoms with Crippen LogP contribution in [-0.4, -0.2) is 13.0 Å². The van der Waals surface area contributed by atoms with Gasteiger partial charge in [0, 0.05) is 12.1 Å². The van der Waals surface area contributed by atoms with E-state index in [1.165, 1.54) is 18.2 Å². The molecule has 0 unspecified atom stereocenters. The molecule has 0 spiro atoms. The van der Waals surface area contributed by atoms with Crippen LogP contribution in [0, 0.1) is 5.82 Å². The molecule has 0 radical (unpaired) electrons. The zero-order valence-electron chi connectivity index (χ0n) is 11.1. The number of carbonyl (C=O) groups excluding carboxylic acids is 1. The lowest BCUT2D eigenvalue weighted by Gasteiger charge is -2.08. The van der Waals surface area contributed by atoms with Crippen LogP contribution in [0.25, 0.3) is 0 Å². The third-order valence-corrected chi connectivity index (χ3v) is 2.86. The van der Waals surface area contributed by atoms with Gasteiger partial charge in [-0.1, -0.05) is 12.1 Å². The van der Waals surface area contributed by atoms with Crippen molar-refractivity contribution in [2.45, 2.75) is 6.54 Å². The van der Waals surface area contributed by atoms with Crippen molar-refractivity contribution >= 4 is 17.3 Å². The zero-order chi connectivity index (χ0) is 14.5. The number of nitrogens with one attached hydrogen (secondary N) is 2. The Kier molecular flexibility index (Phi) is 4.32. The van der Waals surface area contributed by atoms with E-state index in [0.29, 0.717) is 11.3 Å². The fourth-order valence-electron chi connectivity index (χ4n) is 1.82. The number of rotatable bonds is 4. The van der Waals surface area contributed by atoms with Gasteiger partial charge in [-0.3, -0.25) is 4.79 Å². The molecule has 1 amide bonds. The first-order valence-corrected chi connectivity index (χ1v) is 6.20. The van der Waals surface area contributed by atoms with E-state index in [-0.39, 0.29) is 11.6 Å². The van der Waals surface area contributed by atoms with Crippen molar-refractivity contribution in [1.29, 1.82) is 0 Å². The highest BCUT2D eigenvalue weighted by atomic mass is 19.1. The van der Waals surface area contributed by atoms with Crippen molar-refractivity contribution in [3.05, 3.63) is 59.4 Å². The number of nitrogen functional groups attached to an aromatic ring is 1. The molecule has 0 atom stereocenters. The maximum absolute atomic E-state index is 12.9. The topological polar surface area (TPSA) is 67.2 Å². The van der Waals surface area contributed by atoms with E-state index in [4.69, 9.17) is 5.73 Å². The maximum atomic E-state index is 12.9. The Morgan fingerprint density at radius 2 is 1.90 bits per heavy atom. The number of amides is 1. The summed E-state index contributed by atoms with van der Waals surface area (Å²) in [7, 11) is 1.86. The molecule has 0 aliphatic rings. The van der Waals surface area contributed by atoms with Gasteiger partial charge in [0.1, 0.15) is 5.82 Å². The minimum atomic E-state index is -0.433. The predicted octanol–water partition coefficient (Wildman–Crippen LogP) is 2.38. The summed E-state index contributed by atoms with van der Waals surface area (Å²) in [6.45, 7) is 0.743. The van der Waals surface area contributed by atoms with Crippen LogP contribution < -0.4 is 16.4 Å². The van der Waals surface area contributed by atoms with E-state index in [1.54, 1.807) is 12.1 Å². The molecule has 2 aromatic carbocycles. The number of halogens is 1. The summed E-state index contributed by atoms with van der Waals surface area (Å²) >= 11 is 0. The molecule has 5 heteroatoms. The van der Waals surface area contributed by atoms with Crippen molar-refractivity contribution in [3.8, 4) is 0 Å². The average Bonchev–Trinajstić information content (AvgIpc) is 2.43. The monoisotopic (exact) mass is 273 g/mol. The molecule has 0 aliphatic carbocycles. The molecule has 0 saturated heterocycles. The van der Waals surface area contributed by atoms with E-state index in [0.717, 1.165) is 12.1 Å². The van der Waals surface area contributed by atoms with E-state index in [1.807, 2.05) is 19.2 Å². The Hall–Kier alpha value is -2.40. The van der Waals surface area contributed by atoms with E-state index < -0.39 is 5.82 Å². The predicted molar refractivity (Wildman–Crippen MR) is 78.0 cm³/mol. The molecule has 0 bridgehead atoms. The van der Waals surface area contributed by atoms with Gasteiger partial charge in [-0.2, -0.15) is 0 Å². The summed E-state index contributed by atoms with van der Waals surface area (Å²) in [5, 5.41) is 5.69. The van der Waals surface area contributed by atoms with Gasteiger partial charge in [-0.25, -0.2) is 4.39 Å². The summed E-state index contributed by atoms with van der Waals surface area (Å²) in [6.07, 6.45) is 0. The lowest BCUT2D eigenvalue weighted by molar-refractivity contribution is 0.102. The van der Waals surface area contributed by atoms with Gasteiger partial charge in [0.2, 0.25) is 0 Å². The molecule has 2 aromatic rings. The van der Waals surface area contributed by atoms with Gasteiger partial charge in [-0.15, -0.1) is 0 Å². The third-order valence-electron chi connectivity index (χ3n) is 2.86. The SMILES string of the molecule is CNCc1ccc(C(=O)Nc2ccc(F)cc2N)cc1. The number of anilines is 2. The van der Waals surface area contributed by atoms with E-state index >= 15 is 0 Å². The molecular formula is C15H16FN3O. The van der Waals surface area contributed by atoms with Gasteiger partial charge >= 0.3 is 0 Å². The molecule has 0 aromatic heterocycles. The lowest BCUT2D eigenvalue weighted by Crippen LogP contribution is -2.13. The molecule has 104 valence electrons. The Morgan fingerprint density at radius 1 is 1.20 bits per heavy atom. The first kappa shape index (κ1) is 14.0. The summed E-state index contributed by atoms with van der Waals surface area (Å²) < 4.78 is 12.9. The first-order valence-electron chi connectivity index (χ1n) is 6.20. The summed E-state index contributed by atoms with van der Waals surface area (Å²) in [4.78, 5) is 12.0. The van der Waals surface area contributed by atoms with E-state index in [2.05, 4.69) is 10.6 Å². The fourth-order valence-corrected chi connectivity index (χ4v) is 1.82. The highest BCUT2D eigenvalue weighted by Crippen LogP contribution is 2.20. The van der Waals surface area contributed by atoms with Gasteiger partial charge in [0.15, 0.2) is 0 Å². The molecule has 0 saturated carbocycles. The second-order valence-corrected chi connectivity index (χ2v) is 4.41. The lowest BCUT2D eigenvalue weighted by atomic mass is 10.1. The number of hydrogen-bond acceptors (Lipinski definition) is 3. The number of benzene rings is 2. The van der Waals surface area contributed by atoms with Gasteiger partial charge in [0.05, 0.1) is 11.4 Å². The summed E-state index contributed by atoms with van der Waals surface area (Å²) in [5.74, 6) is -0.712. The van der Waals surface area contributed by atoms with Crippen molar-refractivity contribution in [2.75, 3.05) is 18.1 Å². The summed E-state index contributed by atoms with van der Waals surface area (Å²) in [5.41, 5.74) is 7.86. The highest BCUT2D eigenvalue weighted by Gasteiger charge is 2.08. The highest BCUT2D eigenvalue weighted by molar-refractivity contribution is 6.05. The Balaban J connectivity index is 2.11. The Morgan fingerprint density at radius 3 is 2.50 bits per heavy atom. The quantitative estimate of drug-likeness (QED) is 0.749. The van der Waals surface area contributed by atoms with Crippen LogP contribution in [0.3, 0.4) is 0 Å². The van der Waals surface area contributed by atoms with Gasteiger partial charge in [0.25, 0.3) is 5.91 Å². The zero-order valence-corrected chi connectivity index (χ0v) is 11.1. The normalized spacial score (nSPS) is 10.3. The number of carbonyl (C=O) groups is 1. The largest absolute Gasteiger partial charge is 0.397 e. The van der Waals surface area contributed by atoms with Crippen LogP contribution in [-0.2, 0) is 6.54 Å². The first-order chi connectivity index (χ1) is 9.60. The molecule has 4 N–H and O–H groups in total. The van der Waals surface area contributed by atoms with Crippen LogP contribution in [0.4, 0.5) is 15.8 Å². The number of nitrogens with two attached hydrogens (primary N) is 1. The Labute approximate surface area is 116 Å². The second kappa shape index (κ2) is 6.16. The number of hydrogen-bond donors (Lipinski definition) is 3. The molecule has 20 heavy (non-hydrogen) atoms. The average molecular weight is 273 g/mol. The van der Waals surface area contributed by atoms with Crippen molar-refractivity contribution in [1.82, 2.24) is 5.32 Å². The Bertz CT molecular complexity index is 611. The van der Waals surface area contributed by atoms with Crippen LogP contribution in [0.15, 0.2) is 42.5 Å². The smallest absolute Gasteiger partial charge is 0.255 e. The molecule has 4 nitrogen and oxygen atoms in total. The van der Waals surface area contributed by atoms with Crippen LogP contribution in [0.1, 0.15) is 15.9 Å². The molecule has 0 fully saturated rings.